The van der Waals surface area contributed by atoms with E-state index in [2.05, 4.69) is 34.7 Å². The summed E-state index contributed by atoms with van der Waals surface area (Å²) in [6, 6.07) is 14.6. The van der Waals surface area contributed by atoms with Gasteiger partial charge in [0.15, 0.2) is 5.43 Å². The molecule has 1 amide bonds. The van der Waals surface area contributed by atoms with Crippen LogP contribution < -0.4 is 5.43 Å². The highest BCUT2D eigenvalue weighted by Gasteiger charge is 2.42. The van der Waals surface area contributed by atoms with Crippen molar-refractivity contribution in [3.8, 4) is 0 Å². The maximum absolute atomic E-state index is 13.5. The Balaban J connectivity index is 1.79. The Morgan fingerprint density at radius 2 is 1.80 bits per heavy atom. The molecule has 0 unspecified atom stereocenters. The van der Waals surface area contributed by atoms with E-state index in [1.54, 1.807) is 17.0 Å². The lowest BCUT2D eigenvalue weighted by molar-refractivity contribution is 0.0720. The van der Waals surface area contributed by atoms with Crippen molar-refractivity contribution < 1.29 is 9.21 Å². The maximum Gasteiger partial charge on any atom is 0.290 e. The number of nitrogens with zero attached hydrogens (tertiary/aromatic N) is 2. The topological polar surface area (TPSA) is 53.8 Å². The summed E-state index contributed by atoms with van der Waals surface area (Å²) in [7, 11) is 0. The highest BCUT2D eigenvalue weighted by atomic mass is 79.9. The van der Waals surface area contributed by atoms with E-state index in [0.29, 0.717) is 23.1 Å². The summed E-state index contributed by atoms with van der Waals surface area (Å²) in [5.74, 6) is -0.0353. The van der Waals surface area contributed by atoms with Crippen molar-refractivity contribution in [2.75, 3.05) is 26.2 Å². The number of hydrogen-bond acceptors (Lipinski definition) is 4. The van der Waals surface area contributed by atoms with Crippen LogP contribution in [0.5, 0.6) is 0 Å². The van der Waals surface area contributed by atoms with Crippen LogP contribution in [0.15, 0.2) is 62.2 Å². The molecule has 0 fully saturated rings. The molecule has 1 aliphatic rings. The van der Waals surface area contributed by atoms with Crippen LogP contribution in [0.1, 0.15) is 48.0 Å². The van der Waals surface area contributed by atoms with Gasteiger partial charge in [-0.15, -0.1) is 0 Å². The molecule has 2 heterocycles. The second-order valence-electron chi connectivity index (χ2n) is 7.51. The molecule has 0 N–H and O–H groups in total. The average molecular weight is 469 g/mol. The van der Waals surface area contributed by atoms with Crippen LogP contribution in [-0.4, -0.2) is 41.9 Å². The molecule has 6 heteroatoms. The minimum atomic E-state index is -0.426. The quantitative estimate of drug-likeness (QED) is 0.498. The van der Waals surface area contributed by atoms with Gasteiger partial charge in [0.1, 0.15) is 5.58 Å². The van der Waals surface area contributed by atoms with E-state index < -0.39 is 6.04 Å². The molecule has 0 radical (unpaired) electrons. The first-order valence-corrected chi connectivity index (χ1v) is 11.2. The third-order valence-corrected chi connectivity index (χ3v) is 6.30. The van der Waals surface area contributed by atoms with E-state index >= 15 is 0 Å². The van der Waals surface area contributed by atoms with Crippen LogP contribution in [-0.2, 0) is 0 Å². The molecule has 1 atom stereocenters. The Morgan fingerprint density at radius 3 is 2.50 bits per heavy atom. The van der Waals surface area contributed by atoms with E-state index in [1.807, 2.05) is 36.4 Å². The fourth-order valence-electron chi connectivity index (χ4n) is 4.21. The fourth-order valence-corrected chi connectivity index (χ4v) is 4.57. The smallest absolute Gasteiger partial charge is 0.290 e. The van der Waals surface area contributed by atoms with Crippen molar-refractivity contribution in [2.45, 2.75) is 26.3 Å². The lowest BCUT2D eigenvalue weighted by Gasteiger charge is -2.26. The van der Waals surface area contributed by atoms with Crippen LogP contribution in [0.25, 0.3) is 11.0 Å². The van der Waals surface area contributed by atoms with Crippen LogP contribution >= 0.6 is 15.9 Å². The predicted octanol–water partition coefficient (Wildman–Crippen LogP) is 4.83. The van der Waals surface area contributed by atoms with Gasteiger partial charge < -0.3 is 14.2 Å². The van der Waals surface area contributed by atoms with Gasteiger partial charge in [-0.1, -0.05) is 60.1 Å². The molecule has 0 bridgehead atoms. The molecule has 156 valence electrons. The molecular weight excluding hydrogens is 444 g/mol. The lowest BCUT2D eigenvalue weighted by Crippen LogP contribution is -2.33. The van der Waals surface area contributed by atoms with Crippen molar-refractivity contribution in [1.82, 2.24) is 9.80 Å². The van der Waals surface area contributed by atoms with Crippen molar-refractivity contribution in [1.29, 1.82) is 0 Å². The van der Waals surface area contributed by atoms with Crippen molar-refractivity contribution in [2.24, 2.45) is 0 Å². The zero-order chi connectivity index (χ0) is 21.3. The van der Waals surface area contributed by atoms with Crippen LogP contribution in [0.3, 0.4) is 0 Å². The zero-order valence-electron chi connectivity index (χ0n) is 17.2. The van der Waals surface area contributed by atoms with E-state index in [9.17, 15) is 9.59 Å². The summed E-state index contributed by atoms with van der Waals surface area (Å²) in [5, 5.41) is 0.488. The Bertz CT molecular complexity index is 1120. The van der Waals surface area contributed by atoms with Crippen molar-refractivity contribution in [3.63, 3.8) is 0 Å². The molecule has 0 spiro atoms. The number of halogens is 1. The third kappa shape index (κ3) is 3.70. The van der Waals surface area contributed by atoms with Crippen LogP contribution in [0.4, 0.5) is 0 Å². The Kier molecular flexibility index (Phi) is 6.06. The Labute approximate surface area is 184 Å². The van der Waals surface area contributed by atoms with Gasteiger partial charge in [0.2, 0.25) is 5.76 Å². The minimum Gasteiger partial charge on any atom is -0.450 e. The first-order valence-electron chi connectivity index (χ1n) is 10.4. The summed E-state index contributed by atoms with van der Waals surface area (Å²) < 4.78 is 6.79. The number of carbonyl (C=O) groups is 1. The number of fused-ring (bicyclic) bond motifs is 2. The van der Waals surface area contributed by atoms with E-state index in [0.717, 1.165) is 36.1 Å². The fraction of sp³-hybridized carbons (Fsp3) is 0.333. The third-order valence-electron chi connectivity index (χ3n) is 5.81. The molecule has 30 heavy (non-hydrogen) atoms. The molecule has 0 aliphatic carbocycles. The van der Waals surface area contributed by atoms with E-state index in [1.165, 1.54) is 0 Å². The highest BCUT2D eigenvalue weighted by Crippen LogP contribution is 2.38. The molecule has 1 aromatic heterocycles. The van der Waals surface area contributed by atoms with Gasteiger partial charge in [-0.2, -0.15) is 0 Å². The summed E-state index contributed by atoms with van der Waals surface area (Å²) in [6.07, 6.45) is 0.837. The molecule has 4 rings (SSSR count). The first-order chi connectivity index (χ1) is 14.5. The lowest BCUT2D eigenvalue weighted by atomic mass is 9.98. The highest BCUT2D eigenvalue weighted by molar-refractivity contribution is 9.10. The predicted molar refractivity (Wildman–Crippen MR) is 122 cm³/mol. The SMILES string of the molecule is CCN(CC)CCCN1C(=O)c2oc3ccc(Br)cc3c(=O)c2[C@H]1c1ccccc1. The number of hydrogen-bond donors (Lipinski definition) is 0. The molecule has 3 aromatic rings. The van der Waals surface area contributed by atoms with Gasteiger partial charge in [-0.05, 0) is 49.8 Å². The summed E-state index contributed by atoms with van der Waals surface area (Å²) in [5.41, 5.74) is 1.67. The Morgan fingerprint density at radius 1 is 1.07 bits per heavy atom. The Hall–Kier alpha value is -2.44. The van der Waals surface area contributed by atoms with E-state index in [4.69, 9.17) is 4.42 Å². The molecule has 0 saturated carbocycles. The largest absolute Gasteiger partial charge is 0.450 e. The number of rotatable bonds is 7. The van der Waals surface area contributed by atoms with Gasteiger partial charge in [-0.3, -0.25) is 9.59 Å². The summed E-state index contributed by atoms with van der Waals surface area (Å²) >= 11 is 3.43. The number of benzene rings is 2. The maximum atomic E-state index is 13.5. The van der Waals surface area contributed by atoms with Crippen molar-refractivity contribution >= 4 is 32.8 Å². The second kappa shape index (κ2) is 8.74. The normalized spacial score (nSPS) is 15.9. The molecule has 5 nitrogen and oxygen atoms in total. The number of amides is 1. The van der Waals surface area contributed by atoms with Gasteiger partial charge in [0.05, 0.1) is 17.0 Å². The summed E-state index contributed by atoms with van der Waals surface area (Å²) in [4.78, 5) is 30.9. The first kappa shape index (κ1) is 20.8. The minimum absolute atomic E-state index is 0.138. The van der Waals surface area contributed by atoms with Crippen LogP contribution in [0.2, 0.25) is 0 Å². The number of carbonyl (C=O) groups excluding carboxylic acids is 1. The second-order valence-corrected chi connectivity index (χ2v) is 8.42. The van der Waals surface area contributed by atoms with E-state index in [-0.39, 0.29) is 17.1 Å². The molecular formula is C24H25BrN2O3. The molecule has 1 aliphatic heterocycles. The molecule has 0 saturated heterocycles. The summed E-state index contributed by atoms with van der Waals surface area (Å²) in [6.45, 7) is 7.71. The molecule has 2 aromatic carbocycles. The zero-order valence-corrected chi connectivity index (χ0v) is 18.8. The van der Waals surface area contributed by atoms with Crippen molar-refractivity contribution in [3.05, 3.63) is 80.1 Å². The van der Waals surface area contributed by atoms with Gasteiger partial charge >= 0.3 is 0 Å². The van der Waals surface area contributed by atoms with Gasteiger partial charge in [-0.25, -0.2) is 0 Å². The van der Waals surface area contributed by atoms with Crippen LogP contribution in [0, 0.1) is 0 Å². The standard InChI is InChI=1S/C24H25BrN2O3/c1-3-26(4-2)13-8-14-27-21(16-9-6-5-7-10-16)20-22(28)18-15-17(25)11-12-19(18)30-23(20)24(27)29/h5-7,9-12,15,21H,3-4,8,13-14H2,1-2H3/t21-/m1/s1. The monoisotopic (exact) mass is 468 g/mol. The van der Waals surface area contributed by atoms with Gasteiger partial charge in [0, 0.05) is 11.0 Å². The van der Waals surface area contributed by atoms with Gasteiger partial charge in [0.25, 0.3) is 5.91 Å². The average Bonchev–Trinajstić information content (AvgIpc) is 3.04.